The van der Waals surface area contributed by atoms with Gasteiger partial charge in [-0.05, 0) is 12.8 Å². The Bertz CT molecular complexity index is 662. The molecule has 112 valence electrons. The second kappa shape index (κ2) is 5.14. The minimum atomic E-state index is -0.466. The molecule has 2 amide bonds. The van der Waals surface area contributed by atoms with Gasteiger partial charge in [-0.25, -0.2) is 4.98 Å². The largest absolute Gasteiger partial charge is 0.342 e. The van der Waals surface area contributed by atoms with E-state index >= 15 is 0 Å². The van der Waals surface area contributed by atoms with E-state index < -0.39 is 12.1 Å². The smallest absolute Gasteiger partial charge is 0.246 e. The summed E-state index contributed by atoms with van der Waals surface area (Å²) < 4.78 is 1.93. The first kappa shape index (κ1) is 14.1. The minimum Gasteiger partial charge on any atom is -0.342 e. The van der Waals surface area contributed by atoms with Gasteiger partial charge in [0.2, 0.25) is 11.8 Å². The van der Waals surface area contributed by atoms with Crippen molar-refractivity contribution in [1.82, 2.24) is 19.6 Å². The molecule has 21 heavy (non-hydrogen) atoms. The average Bonchev–Trinajstić information content (AvgIpc) is 2.99. The van der Waals surface area contributed by atoms with Crippen molar-refractivity contribution in [2.24, 2.45) is 5.92 Å². The molecule has 2 aromatic heterocycles. The Morgan fingerprint density at radius 1 is 1.43 bits per heavy atom. The Kier molecular flexibility index (Phi) is 3.44. The first-order valence-corrected chi connectivity index (χ1v) is 7.87. The van der Waals surface area contributed by atoms with Crippen molar-refractivity contribution in [1.29, 1.82) is 0 Å². The van der Waals surface area contributed by atoms with Gasteiger partial charge in [0, 0.05) is 17.8 Å². The summed E-state index contributed by atoms with van der Waals surface area (Å²) in [6, 6.07) is -0.912. The van der Waals surface area contributed by atoms with Crippen LogP contribution < -0.4 is 5.32 Å². The number of nitrogens with one attached hydrogen (secondary N) is 1. The predicted molar refractivity (Wildman–Crippen MR) is 79.8 cm³/mol. The van der Waals surface area contributed by atoms with Crippen molar-refractivity contribution in [3.8, 4) is 0 Å². The van der Waals surface area contributed by atoms with E-state index in [2.05, 4.69) is 10.3 Å². The van der Waals surface area contributed by atoms with Crippen molar-refractivity contribution in [3.63, 3.8) is 0 Å². The zero-order valence-electron chi connectivity index (χ0n) is 12.2. The van der Waals surface area contributed by atoms with Crippen LogP contribution in [0, 0.1) is 5.92 Å². The third-order valence-corrected chi connectivity index (χ3v) is 4.61. The molecule has 1 saturated heterocycles. The topological polar surface area (TPSA) is 66.7 Å². The number of thiazole rings is 1. The molecule has 0 aliphatic carbocycles. The van der Waals surface area contributed by atoms with Crippen LogP contribution in [0.1, 0.15) is 26.5 Å². The highest BCUT2D eigenvalue weighted by molar-refractivity contribution is 7.15. The van der Waals surface area contributed by atoms with E-state index in [1.807, 2.05) is 36.0 Å². The summed E-state index contributed by atoms with van der Waals surface area (Å²) in [4.78, 5) is 31.6. The lowest BCUT2D eigenvalue weighted by atomic mass is 9.98. The molecular formula is C14H18N4O2S. The fourth-order valence-corrected chi connectivity index (χ4v) is 3.26. The van der Waals surface area contributed by atoms with Gasteiger partial charge >= 0.3 is 0 Å². The van der Waals surface area contributed by atoms with Crippen LogP contribution in [0.15, 0.2) is 17.8 Å². The second-order valence-corrected chi connectivity index (χ2v) is 6.57. The number of hydrogen-bond acceptors (Lipinski definition) is 4. The molecule has 1 aliphatic rings. The maximum absolute atomic E-state index is 12.6. The molecule has 7 heteroatoms. The van der Waals surface area contributed by atoms with Gasteiger partial charge in [0.25, 0.3) is 0 Å². The third kappa shape index (κ3) is 2.42. The number of fused-ring (bicyclic) bond motifs is 1. The Morgan fingerprint density at radius 3 is 2.86 bits per heavy atom. The molecule has 0 aromatic carbocycles. The highest BCUT2D eigenvalue weighted by atomic mass is 32.1. The molecule has 0 radical (unpaired) electrons. The number of amides is 2. The van der Waals surface area contributed by atoms with E-state index in [0.29, 0.717) is 6.54 Å². The second-order valence-electron chi connectivity index (χ2n) is 5.70. The molecule has 2 unspecified atom stereocenters. The van der Waals surface area contributed by atoms with E-state index in [9.17, 15) is 9.59 Å². The van der Waals surface area contributed by atoms with Gasteiger partial charge in [0.15, 0.2) is 4.96 Å². The quantitative estimate of drug-likeness (QED) is 0.928. The number of rotatable bonds is 3. The monoisotopic (exact) mass is 306 g/mol. The zero-order valence-corrected chi connectivity index (χ0v) is 13.1. The molecule has 2 aromatic rings. The summed E-state index contributed by atoms with van der Waals surface area (Å²) in [7, 11) is 0. The zero-order chi connectivity index (χ0) is 15.1. The first-order valence-electron chi connectivity index (χ1n) is 6.99. The lowest BCUT2D eigenvalue weighted by Crippen LogP contribution is -2.63. The van der Waals surface area contributed by atoms with Crippen molar-refractivity contribution >= 4 is 28.1 Å². The Hall–Kier alpha value is -1.89. The molecule has 2 atom stereocenters. The number of nitrogens with zero attached hydrogens (tertiary/aromatic N) is 3. The lowest BCUT2D eigenvalue weighted by Gasteiger charge is -2.38. The van der Waals surface area contributed by atoms with Crippen molar-refractivity contribution in [3.05, 3.63) is 23.5 Å². The van der Waals surface area contributed by atoms with E-state index in [-0.39, 0.29) is 17.7 Å². The minimum absolute atomic E-state index is 0.0338. The summed E-state index contributed by atoms with van der Waals surface area (Å²) in [5, 5.41) is 4.76. The first-order chi connectivity index (χ1) is 9.97. The molecule has 1 fully saturated rings. The van der Waals surface area contributed by atoms with Gasteiger partial charge in [-0.15, -0.1) is 11.3 Å². The van der Waals surface area contributed by atoms with Crippen LogP contribution in [-0.4, -0.2) is 38.2 Å². The van der Waals surface area contributed by atoms with E-state index in [1.54, 1.807) is 23.2 Å². The highest BCUT2D eigenvalue weighted by Gasteiger charge is 2.39. The normalized spacial score (nSPS) is 23.1. The molecule has 1 N–H and O–H groups in total. The molecular weight excluding hydrogens is 288 g/mol. The maximum Gasteiger partial charge on any atom is 0.246 e. The number of carbonyl (C=O) groups excluding carboxylic acids is 2. The Balaban J connectivity index is 1.85. The molecule has 1 aliphatic heterocycles. The van der Waals surface area contributed by atoms with Gasteiger partial charge < -0.3 is 10.2 Å². The van der Waals surface area contributed by atoms with E-state index in [0.717, 1.165) is 10.7 Å². The number of aromatic nitrogens is 2. The molecule has 0 saturated carbocycles. The highest BCUT2D eigenvalue weighted by Crippen LogP contribution is 2.19. The van der Waals surface area contributed by atoms with Gasteiger partial charge in [0.05, 0.1) is 12.2 Å². The van der Waals surface area contributed by atoms with Gasteiger partial charge in [0.1, 0.15) is 12.1 Å². The molecule has 6 nitrogen and oxygen atoms in total. The van der Waals surface area contributed by atoms with E-state index in [4.69, 9.17) is 0 Å². The van der Waals surface area contributed by atoms with Crippen LogP contribution >= 0.6 is 11.3 Å². The van der Waals surface area contributed by atoms with Crippen LogP contribution in [0.2, 0.25) is 0 Å². The van der Waals surface area contributed by atoms with Crippen LogP contribution in [0.3, 0.4) is 0 Å². The Labute approximate surface area is 126 Å². The van der Waals surface area contributed by atoms with Crippen LogP contribution in [0.4, 0.5) is 0 Å². The van der Waals surface area contributed by atoms with E-state index in [1.165, 1.54) is 0 Å². The molecule has 0 bridgehead atoms. The molecule has 3 rings (SSSR count). The van der Waals surface area contributed by atoms with Gasteiger partial charge in [-0.1, -0.05) is 13.8 Å². The van der Waals surface area contributed by atoms with Crippen molar-refractivity contribution in [2.75, 3.05) is 0 Å². The predicted octanol–water partition coefficient (Wildman–Crippen LogP) is 1.27. The average molecular weight is 306 g/mol. The maximum atomic E-state index is 12.6. The summed E-state index contributed by atoms with van der Waals surface area (Å²) in [6.07, 6.45) is 3.84. The number of hydrogen-bond donors (Lipinski definition) is 1. The van der Waals surface area contributed by atoms with Crippen molar-refractivity contribution < 1.29 is 9.59 Å². The molecule has 3 heterocycles. The van der Waals surface area contributed by atoms with Crippen LogP contribution in [0.5, 0.6) is 0 Å². The summed E-state index contributed by atoms with van der Waals surface area (Å²) in [5.74, 6) is -0.0651. The number of carbonyl (C=O) groups is 2. The van der Waals surface area contributed by atoms with Crippen LogP contribution in [0.25, 0.3) is 4.96 Å². The lowest BCUT2D eigenvalue weighted by molar-refractivity contribution is -0.150. The number of piperazine rings is 1. The number of imidazole rings is 1. The fraction of sp³-hybridized carbons (Fsp3) is 0.500. The summed E-state index contributed by atoms with van der Waals surface area (Å²) >= 11 is 1.55. The van der Waals surface area contributed by atoms with Crippen LogP contribution in [-0.2, 0) is 16.1 Å². The fourth-order valence-electron chi connectivity index (χ4n) is 2.54. The summed E-state index contributed by atoms with van der Waals surface area (Å²) in [6.45, 7) is 5.99. The van der Waals surface area contributed by atoms with Gasteiger partial charge in [-0.2, -0.15) is 0 Å². The third-order valence-electron chi connectivity index (χ3n) is 3.84. The SMILES string of the molecule is CC(C)C1NC(=O)C(C)N(Cc2cn3ccsc3n2)C1=O. The Morgan fingerprint density at radius 2 is 2.19 bits per heavy atom. The summed E-state index contributed by atoms with van der Waals surface area (Å²) in [5.41, 5.74) is 0.805. The van der Waals surface area contributed by atoms with Crippen molar-refractivity contribution in [2.45, 2.75) is 39.4 Å². The standard InChI is InChI=1S/C14H18N4O2S/c1-8(2)11-13(20)18(9(3)12(19)16-11)7-10-6-17-4-5-21-14(17)15-10/h4-6,8-9,11H,7H2,1-3H3,(H,16,19). The molecule has 0 spiro atoms. The van der Waals surface area contributed by atoms with Gasteiger partial charge in [-0.3, -0.25) is 14.0 Å².